The number of benzene rings is 2. The van der Waals surface area contributed by atoms with Gasteiger partial charge < -0.3 is 0 Å². The van der Waals surface area contributed by atoms with Crippen LogP contribution in [0.5, 0.6) is 0 Å². The second-order valence-corrected chi connectivity index (χ2v) is 13.9. The summed E-state index contributed by atoms with van der Waals surface area (Å²) in [5.74, 6) is 0. The van der Waals surface area contributed by atoms with Crippen LogP contribution in [0.4, 0.5) is 0 Å². The number of hydrogen-bond acceptors (Lipinski definition) is 0. The first kappa shape index (κ1) is 26.4. The molecule has 0 N–H and O–H groups in total. The van der Waals surface area contributed by atoms with Gasteiger partial charge in [0, 0.05) is 0 Å². The third-order valence-electron chi connectivity index (χ3n) is 5.57. The molecule has 4 aromatic rings. The molecule has 3 heteroatoms. The summed E-state index contributed by atoms with van der Waals surface area (Å²) >= 11 is -0.826. The van der Waals surface area contributed by atoms with Crippen LogP contribution in [0.1, 0.15) is 63.8 Å². The summed E-state index contributed by atoms with van der Waals surface area (Å²) in [5, 5.41) is 5.55. The number of rotatable bonds is 0. The van der Waals surface area contributed by atoms with Gasteiger partial charge in [0.25, 0.3) is 0 Å². The van der Waals surface area contributed by atoms with Crippen LogP contribution in [0.3, 0.4) is 0 Å². The molecule has 31 heavy (non-hydrogen) atoms. The average molecular weight is 533 g/mol. The molecule has 0 atom stereocenters. The van der Waals surface area contributed by atoms with Crippen LogP contribution in [-0.2, 0) is 31.7 Å². The standard InChI is InChI=1S/C23H29.C5H5.2ClH.Zr/c1-14-9-16-11-17-10-15(2)21(23(6,7)8)13-19(17)18(16)12-20(14)22(3,4)5;1-2-4-5-3-1;;;/h9-13H,1-8H3;1-5H;2*1H;/q2*-1;;;+4/p-2. The molecule has 0 radical (unpaired) electrons. The Labute approximate surface area is 207 Å². The van der Waals surface area contributed by atoms with Gasteiger partial charge in [-0.25, -0.2) is 12.1 Å². The molecule has 4 aromatic carbocycles. The summed E-state index contributed by atoms with van der Waals surface area (Å²) in [6.07, 6.45) is 0. The molecule has 0 nitrogen and oxygen atoms in total. The molecule has 0 saturated carbocycles. The van der Waals surface area contributed by atoms with E-state index in [0.29, 0.717) is 0 Å². The first-order valence-corrected chi connectivity index (χ1v) is 17.0. The molecule has 0 fully saturated rings. The molecule has 4 rings (SSSR count). The van der Waals surface area contributed by atoms with Crippen LogP contribution < -0.4 is 0 Å². The van der Waals surface area contributed by atoms with E-state index >= 15 is 0 Å². The summed E-state index contributed by atoms with van der Waals surface area (Å²) in [6, 6.07) is 21.9. The molecule has 0 aliphatic rings. The van der Waals surface area contributed by atoms with Crippen molar-refractivity contribution in [3.05, 3.63) is 82.9 Å². The largest absolute Gasteiger partial charge is 0.214 e. The van der Waals surface area contributed by atoms with Gasteiger partial charge in [-0.3, -0.25) is 0 Å². The Morgan fingerprint density at radius 3 is 1.29 bits per heavy atom. The maximum absolute atomic E-state index is 4.93. The van der Waals surface area contributed by atoms with Crippen LogP contribution in [0.15, 0.2) is 60.7 Å². The van der Waals surface area contributed by atoms with Gasteiger partial charge in [0.15, 0.2) is 0 Å². The predicted molar refractivity (Wildman–Crippen MR) is 138 cm³/mol. The third kappa shape index (κ3) is 6.80. The van der Waals surface area contributed by atoms with E-state index in [4.69, 9.17) is 17.0 Å². The average Bonchev–Trinajstić information content (AvgIpc) is 3.30. The Morgan fingerprint density at radius 2 is 1.03 bits per heavy atom. The van der Waals surface area contributed by atoms with Gasteiger partial charge in [0.05, 0.1) is 0 Å². The molecule has 0 aliphatic heterocycles. The fourth-order valence-corrected chi connectivity index (χ4v) is 4.27. The Kier molecular flexibility index (Phi) is 9.21. The quantitative estimate of drug-likeness (QED) is 0.198. The van der Waals surface area contributed by atoms with Gasteiger partial charge in [-0.15, -0.1) is 39.7 Å². The van der Waals surface area contributed by atoms with Crippen LogP contribution in [0, 0.1) is 13.8 Å². The Hall–Kier alpha value is -0.877. The zero-order valence-corrected chi connectivity index (χ0v) is 24.0. The summed E-state index contributed by atoms with van der Waals surface area (Å²) in [5.41, 5.74) is 6.06. The summed E-state index contributed by atoms with van der Waals surface area (Å²) in [6.45, 7) is 18.3. The Bertz CT molecular complexity index is 1010. The number of fused-ring (bicyclic) bond motifs is 3. The molecule has 0 amide bonds. The van der Waals surface area contributed by atoms with E-state index in [1.54, 1.807) is 0 Å². The van der Waals surface area contributed by atoms with Gasteiger partial charge in [-0.1, -0.05) is 75.9 Å². The number of halogens is 2. The molecular weight excluding hydrogens is 498 g/mol. The van der Waals surface area contributed by atoms with Crippen LogP contribution >= 0.6 is 17.0 Å². The monoisotopic (exact) mass is 530 g/mol. The maximum atomic E-state index is 4.93. The van der Waals surface area contributed by atoms with Gasteiger partial charge >= 0.3 is 37.9 Å². The zero-order chi connectivity index (χ0) is 23.4. The van der Waals surface area contributed by atoms with E-state index in [9.17, 15) is 0 Å². The first-order valence-electron chi connectivity index (χ1n) is 10.7. The van der Waals surface area contributed by atoms with Crippen LogP contribution in [-0.4, -0.2) is 0 Å². The topological polar surface area (TPSA) is 0 Å². The summed E-state index contributed by atoms with van der Waals surface area (Å²) < 4.78 is 0. The minimum atomic E-state index is -0.826. The molecule has 0 aromatic heterocycles. The molecule has 0 aliphatic carbocycles. The first-order chi connectivity index (χ1) is 14.4. The molecule has 0 heterocycles. The van der Waals surface area contributed by atoms with E-state index in [2.05, 4.69) is 85.7 Å². The van der Waals surface area contributed by atoms with E-state index in [0.717, 1.165) is 0 Å². The van der Waals surface area contributed by atoms with Crippen molar-refractivity contribution in [1.82, 2.24) is 0 Å². The fraction of sp³-hybridized carbons (Fsp3) is 0.357. The Morgan fingerprint density at radius 1 is 0.677 bits per heavy atom. The van der Waals surface area contributed by atoms with Crippen molar-refractivity contribution < 1.29 is 20.8 Å². The normalized spacial score (nSPS) is 11.4. The molecule has 0 spiro atoms. The molecule has 0 unspecified atom stereocenters. The van der Waals surface area contributed by atoms with Gasteiger partial charge in [0.2, 0.25) is 0 Å². The van der Waals surface area contributed by atoms with Crippen LogP contribution in [0.2, 0.25) is 0 Å². The van der Waals surface area contributed by atoms with Crippen molar-refractivity contribution in [3.63, 3.8) is 0 Å². The third-order valence-corrected chi connectivity index (χ3v) is 5.57. The molecular formula is C28H34Cl2Zr. The van der Waals surface area contributed by atoms with Crippen molar-refractivity contribution in [1.29, 1.82) is 0 Å². The predicted octanol–water partition coefficient (Wildman–Crippen LogP) is 9.71. The van der Waals surface area contributed by atoms with E-state index in [1.807, 2.05) is 30.3 Å². The van der Waals surface area contributed by atoms with Crippen LogP contribution in [0.25, 0.3) is 21.5 Å². The second-order valence-electron chi connectivity index (χ2n) is 10.2. The van der Waals surface area contributed by atoms with Crippen molar-refractivity contribution >= 4 is 38.6 Å². The minimum Gasteiger partial charge on any atom is -0.214 e. The fourth-order valence-electron chi connectivity index (χ4n) is 4.27. The van der Waals surface area contributed by atoms with Gasteiger partial charge in [-0.2, -0.15) is 18.2 Å². The van der Waals surface area contributed by atoms with Gasteiger partial charge in [-0.05, 0) is 24.7 Å². The molecule has 164 valence electrons. The summed E-state index contributed by atoms with van der Waals surface area (Å²) in [7, 11) is 9.87. The number of hydrogen-bond donors (Lipinski definition) is 0. The van der Waals surface area contributed by atoms with Crippen molar-refractivity contribution in [2.24, 2.45) is 0 Å². The van der Waals surface area contributed by atoms with E-state index in [-0.39, 0.29) is 10.8 Å². The minimum absolute atomic E-state index is 0.180. The smallest absolute Gasteiger partial charge is 0.172 e. The van der Waals surface area contributed by atoms with E-state index in [1.165, 1.54) is 43.8 Å². The molecule has 0 bridgehead atoms. The Balaban J connectivity index is 0.000000361. The SMILES string of the molecule is Cc1cc2[cH-]c3cc(C)c(C(C)(C)C)cc3c2cc1C(C)(C)C.[Cl][Zr+2][Cl].c1cc[cH-]c1. The van der Waals surface area contributed by atoms with Gasteiger partial charge in [0.1, 0.15) is 0 Å². The maximum Gasteiger partial charge on any atom is -0.172 e. The zero-order valence-electron chi connectivity index (χ0n) is 20.0. The van der Waals surface area contributed by atoms with E-state index < -0.39 is 20.8 Å². The van der Waals surface area contributed by atoms with Crippen molar-refractivity contribution in [2.75, 3.05) is 0 Å². The van der Waals surface area contributed by atoms with Crippen molar-refractivity contribution in [2.45, 2.75) is 66.2 Å². The molecule has 0 saturated heterocycles. The second kappa shape index (κ2) is 10.8. The number of aryl methyl sites for hydroxylation is 2. The van der Waals surface area contributed by atoms with Crippen molar-refractivity contribution in [3.8, 4) is 0 Å². The summed E-state index contributed by atoms with van der Waals surface area (Å²) in [4.78, 5) is 0.